The number of pyridine rings is 1. The molecule has 1 unspecified atom stereocenters. The molecule has 0 spiro atoms. The van der Waals surface area contributed by atoms with Crippen LogP contribution in [0, 0.1) is 5.92 Å². The first kappa shape index (κ1) is 15.1. The Bertz CT molecular complexity index is 408. The highest BCUT2D eigenvalue weighted by molar-refractivity contribution is 5.52. The van der Waals surface area contributed by atoms with Gasteiger partial charge in [0.05, 0.1) is 6.10 Å². The van der Waals surface area contributed by atoms with Crippen molar-refractivity contribution in [3.8, 4) is 5.75 Å². The molecule has 20 heavy (non-hydrogen) atoms. The maximum atomic E-state index is 5.90. The molecule has 2 rings (SSSR count). The number of rotatable bonds is 6. The molecule has 1 aromatic rings. The summed E-state index contributed by atoms with van der Waals surface area (Å²) in [6, 6.07) is 3.97. The lowest BCUT2D eigenvalue weighted by molar-refractivity contribution is 0.241. The van der Waals surface area contributed by atoms with Gasteiger partial charge in [-0.25, -0.2) is 4.98 Å². The second-order valence-electron chi connectivity index (χ2n) is 5.75. The second-order valence-corrected chi connectivity index (χ2v) is 5.75. The van der Waals surface area contributed by atoms with E-state index in [9.17, 15) is 0 Å². The molecular formula is C16H27N3O. The molecule has 0 aliphatic carbocycles. The molecule has 1 N–H and O–H groups in total. The quantitative estimate of drug-likeness (QED) is 0.867. The average Bonchev–Trinajstić information content (AvgIpc) is 2.45. The lowest BCUT2D eigenvalue weighted by Crippen LogP contribution is -2.40. The van der Waals surface area contributed by atoms with Crippen molar-refractivity contribution in [1.29, 1.82) is 0 Å². The molecule has 112 valence electrons. The Hall–Kier alpha value is -1.29. The van der Waals surface area contributed by atoms with Crippen LogP contribution in [0.3, 0.4) is 0 Å². The van der Waals surface area contributed by atoms with E-state index in [1.807, 2.05) is 18.3 Å². The summed E-state index contributed by atoms with van der Waals surface area (Å²) in [7, 11) is 0. The van der Waals surface area contributed by atoms with E-state index in [1.165, 1.54) is 12.8 Å². The Morgan fingerprint density at radius 2 is 2.35 bits per heavy atom. The zero-order chi connectivity index (χ0) is 14.4. The second kappa shape index (κ2) is 7.48. The molecule has 0 saturated carbocycles. The minimum atomic E-state index is 0.181. The summed E-state index contributed by atoms with van der Waals surface area (Å²) in [4.78, 5) is 6.93. The Kier molecular flexibility index (Phi) is 5.65. The van der Waals surface area contributed by atoms with Crippen LogP contribution in [-0.4, -0.2) is 37.3 Å². The SMILES string of the molecule is CCNCC1CCCN(c2ncccc2OC(C)C)C1. The fraction of sp³-hybridized carbons (Fsp3) is 0.688. The first-order chi connectivity index (χ1) is 9.70. The molecule has 1 atom stereocenters. The van der Waals surface area contributed by atoms with Crippen molar-refractivity contribution < 1.29 is 4.74 Å². The highest BCUT2D eigenvalue weighted by Gasteiger charge is 2.23. The third-order valence-corrected chi connectivity index (χ3v) is 3.62. The van der Waals surface area contributed by atoms with Gasteiger partial charge >= 0.3 is 0 Å². The molecule has 0 amide bonds. The lowest BCUT2D eigenvalue weighted by Gasteiger charge is -2.34. The van der Waals surface area contributed by atoms with Crippen LogP contribution in [0.15, 0.2) is 18.3 Å². The van der Waals surface area contributed by atoms with Gasteiger partial charge in [0.2, 0.25) is 0 Å². The molecule has 4 heteroatoms. The normalized spacial score (nSPS) is 19.4. The van der Waals surface area contributed by atoms with Gasteiger partial charge in [-0.15, -0.1) is 0 Å². The summed E-state index contributed by atoms with van der Waals surface area (Å²) in [6.45, 7) is 10.6. The third kappa shape index (κ3) is 4.10. The first-order valence-corrected chi connectivity index (χ1v) is 7.78. The van der Waals surface area contributed by atoms with Gasteiger partial charge in [-0.3, -0.25) is 0 Å². The Labute approximate surface area is 122 Å². The van der Waals surface area contributed by atoms with E-state index >= 15 is 0 Å². The van der Waals surface area contributed by atoms with Gasteiger partial charge in [0.15, 0.2) is 11.6 Å². The van der Waals surface area contributed by atoms with Crippen LogP contribution in [0.4, 0.5) is 5.82 Å². The molecule has 0 radical (unpaired) electrons. The van der Waals surface area contributed by atoms with Gasteiger partial charge < -0.3 is 15.0 Å². The van der Waals surface area contributed by atoms with Crippen molar-refractivity contribution in [1.82, 2.24) is 10.3 Å². The molecule has 4 nitrogen and oxygen atoms in total. The van der Waals surface area contributed by atoms with Crippen molar-refractivity contribution in [3.05, 3.63) is 18.3 Å². The molecule has 1 aliphatic heterocycles. The van der Waals surface area contributed by atoms with Crippen LogP contribution < -0.4 is 15.0 Å². The lowest BCUT2D eigenvalue weighted by atomic mass is 9.98. The third-order valence-electron chi connectivity index (χ3n) is 3.62. The summed E-state index contributed by atoms with van der Waals surface area (Å²) >= 11 is 0. The molecule has 1 aliphatic rings. The molecule has 1 aromatic heterocycles. The van der Waals surface area contributed by atoms with E-state index in [2.05, 4.69) is 36.0 Å². The Morgan fingerprint density at radius 1 is 1.50 bits per heavy atom. The van der Waals surface area contributed by atoms with E-state index in [4.69, 9.17) is 4.74 Å². The van der Waals surface area contributed by atoms with Crippen molar-refractivity contribution >= 4 is 5.82 Å². The van der Waals surface area contributed by atoms with Gasteiger partial charge in [-0.2, -0.15) is 0 Å². The number of piperidine rings is 1. The largest absolute Gasteiger partial charge is 0.487 e. The highest BCUT2D eigenvalue weighted by atomic mass is 16.5. The smallest absolute Gasteiger partial charge is 0.171 e. The standard InChI is InChI=1S/C16H27N3O/c1-4-17-11-14-7-6-10-19(12-14)16-15(20-13(2)3)8-5-9-18-16/h5,8-9,13-14,17H,4,6-7,10-12H2,1-3H3. The van der Waals surface area contributed by atoms with Crippen LogP contribution in [0.25, 0.3) is 0 Å². The van der Waals surface area contributed by atoms with Crippen molar-refractivity contribution in [2.24, 2.45) is 5.92 Å². The number of ether oxygens (including phenoxy) is 1. The van der Waals surface area contributed by atoms with E-state index in [0.717, 1.165) is 37.7 Å². The molecule has 1 saturated heterocycles. The van der Waals surface area contributed by atoms with Crippen LogP contribution in [-0.2, 0) is 0 Å². The molecule has 0 aromatic carbocycles. The van der Waals surface area contributed by atoms with Gasteiger partial charge in [0.1, 0.15) is 0 Å². The number of nitrogens with one attached hydrogen (secondary N) is 1. The minimum Gasteiger partial charge on any atom is -0.487 e. The fourth-order valence-corrected chi connectivity index (χ4v) is 2.74. The summed E-state index contributed by atoms with van der Waals surface area (Å²) in [6.07, 6.45) is 4.57. The summed E-state index contributed by atoms with van der Waals surface area (Å²) in [5.74, 6) is 2.62. The van der Waals surface area contributed by atoms with Gasteiger partial charge in [-0.1, -0.05) is 6.92 Å². The number of aromatic nitrogens is 1. The van der Waals surface area contributed by atoms with Crippen molar-refractivity contribution in [2.45, 2.75) is 39.7 Å². The fourth-order valence-electron chi connectivity index (χ4n) is 2.74. The molecule has 1 fully saturated rings. The molecule has 2 heterocycles. The number of hydrogen-bond acceptors (Lipinski definition) is 4. The van der Waals surface area contributed by atoms with Crippen LogP contribution in [0.1, 0.15) is 33.6 Å². The Morgan fingerprint density at radius 3 is 3.10 bits per heavy atom. The topological polar surface area (TPSA) is 37.4 Å². The van der Waals surface area contributed by atoms with Crippen LogP contribution in [0.5, 0.6) is 5.75 Å². The average molecular weight is 277 g/mol. The summed E-state index contributed by atoms with van der Waals surface area (Å²) in [5.41, 5.74) is 0. The van der Waals surface area contributed by atoms with E-state index in [-0.39, 0.29) is 6.10 Å². The van der Waals surface area contributed by atoms with Crippen LogP contribution in [0.2, 0.25) is 0 Å². The number of anilines is 1. The van der Waals surface area contributed by atoms with Gasteiger partial charge in [0.25, 0.3) is 0 Å². The summed E-state index contributed by atoms with van der Waals surface area (Å²) < 4.78 is 5.90. The minimum absolute atomic E-state index is 0.181. The maximum absolute atomic E-state index is 5.90. The van der Waals surface area contributed by atoms with Gasteiger partial charge in [0, 0.05) is 19.3 Å². The van der Waals surface area contributed by atoms with Gasteiger partial charge in [-0.05, 0) is 57.8 Å². The van der Waals surface area contributed by atoms with Crippen molar-refractivity contribution in [3.63, 3.8) is 0 Å². The molecule has 0 bridgehead atoms. The predicted octanol–water partition coefficient (Wildman–Crippen LogP) is 2.69. The van der Waals surface area contributed by atoms with Crippen LogP contribution >= 0.6 is 0 Å². The van der Waals surface area contributed by atoms with E-state index in [1.54, 1.807) is 0 Å². The Balaban J connectivity index is 2.06. The highest BCUT2D eigenvalue weighted by Crippen LogP contribution is 2.29. The molecular weight excluding hydrogens is 250 g/mol. The zero-order valence-electron chi connectivity index (χ0n) is 12.9. The summed E-state index contributed by atoms with van der Waals surface area (Å²) in [5, 5.41) is 3.46. The van der Waals surface area contributed by atoms with Crippen molar-refractivity contribution in [2.75, 3.05) is 31.1 Å². The predicted molar refractivity (Wildman–Crippen MR) is 83.5 cm³/mol. The monoisotopic (exact) mass is 277 g/mol. The number of hydrogen-bond donors (Lipinski definition) is 1. The van der Waals surface area contributed by atoms with E-state index < -0.39 is 0 Å². The zero-order valence-corrected chi connectivity index (χ0v) is 12.9. The van der Waals surface area contributed by atoms with E-state index in [0.29, 0.717) is 5.92 Å². The first-order valence-electron chi connectivity index (χ1n) is 7.78. The maximum Gasteiger partial charge on any atom is 0.171 e. The number of nitrogens with zero attached hydrogens (tertiary/aromatic N) is 2.